The van der Waals surface area contributed by atoms with Crippen molar-refractivity contribution in [2.24, 2.45) is 0 Å². The molecule has 2 aromatic rings. The first-order chi connectivity index (χ1) is 10.2. The second kappa shape index (κ2) is 5.52. The molecule has 1 saturated carbocycles. The first-order valence-corrected chi connectivity index (χ1v) is 6.83. The maximum Gasteiger partial charge on any atom is 0.255 e. The van der Waals surface area contributed by atoms with Gasteiger partial charge in [0, 0.05) is 13.2 Å². The van der Waals surface area contributed by atoms with Gasteiger partial charge in [0.15, 0.2) is 5.82 Å². The van der Waals surface area contributed by atoms with Crippen LogP contribution in [0, 0.1) is 5.82 Å². The predicted molar refractivity (Wildman–Crippen MR) is 76.1 cm³/mol. The molecular formula is C16H15FN2O2. The number of hydrogen-bond donors (Lipinski definition) is 1. The minimum atomic E-state index is -0.664. The van der Waals surface area contributed by atoms with Crippen LogP contribution in [0.5, 0.6) is 11.6 Å². The first-order valence-electron chi connectivity index (χ1n) is 6.83. The van der Waals surface area contributed by atoms with Crippen LogP contribution in [-0.4, -0.2) is 17.9 Å². The fourth-order valence-electron chi connectivity index (χ4n) is 2.11. The second-order valence-corrected chi connectivity index (χ2v) is 5.04. The molecule has 1 N–H and O–H groups in total. The number of carbonyl (C=O) groups excluding carboxylic acids is 1. The highest BCUT2D eigenvalue weighted by Crippen LogP contribution is 2.40. The summed E-state index contributed by atoms with van der Waals surface area (Å²) >= 11 is 0. The highest BCUT2D eigenvalue weighted by Gasteiger charge is 2.23. The lowest BCUT2D eigenvalue weighted by molar-refractivity contribution is 0.0962. The van der Waals surface area contributed by atoms with Crippen molar-refractivity contribution in [2.45, 2.75) is 18.8 Å². The molecule has 0 aliphatic heterocycles. The number of aromatic nitrogens is 1. The van der Waals surface area contributed by atoms with Gasteiger partial charge >= 0.3 is 0 Å². The summed E-state index contributed by atoms with van der Waals surface area (Å²) in [6.45, 7) is 0. The van der Waals surface area contributed by atoms with E-state index in [2.05, 4.69) is 10.3 Å². The summed E-state index contributed by atoms with van der Waals surface area (Å²) in [6.07, 6.45) is 3.75. The third-order valence-corrected chi connectivity index (χ3v) is 3.44. The number of amides is 1. The van der Waals surface area contributed by atoms with E-state index in [-0.39, 0.29) is 17.4 Å². The van der Waals surface area contributed by atoms with Crippen LogP contribution in [0.15, 0.2) is 36.5 Å². The molecule has 0 radical (unpaired) electrons. The van der Waals surface area contributed by atoms with Crippen LogP contribution in [0.2, 0.25) is 0 Å². The van der Waals surface area contributed by atoms with Crippen LogP contribution < -0.4 is 10.1 Å². The van der Waals surface area contributed by atoms with Crippen LogP contribution in [0.4, 0.5) is 4.39 Å². The maximum absolute atomic E-state index is 13.9. The Bertz CT molecular complexity index is 666. The Balaban J connectivity index is 1.76. The molecule has 0 unspecified atom stereocenters. The third kappa shape index (κ3) is 3.02. The zero-order valence-electron chi connectivity index (χ0n) is 11.6. The molecule has 1 heterocycles. The molecule has 108 valence electrons. The van der Waals surface area contributed by atoms with Crippen LogP contribution >= 0.6 is 0 Å². The Kier molecular flexibility index (Phi) is 3.56. The number of benzene rings is 1. The number of halogens is 1. The number of rotatable bonds is 4. The molecule has 0 atom stereocenters. The Morgan fingerprint density at radius 3 is 2.62 bits per heavy atom. The van der Waals surface area contributed by atoms with Crippen LogP contribution in [0.25, 0.3) is 0 Å². The van der Waals surface area contributed by atoms with E-state index >= 15 is 0 Å². The fraction of sp³-hybridized carbons (Fsp3) is 0.250. The van der Waals surface area contributed by atoms with E-state index in [1.165, 1.54) is 31.6 Å². The van der Waals surface area contributed by atoms with Gasteiger partial charge in [0.2, 0.25) is 0 Å². The number of hydrogen-bond acceptors (Lipinski definition) is 3. The summed E-state index contributed by atoms with van der Waals surface area (Å²) in [7, 11) is 1.48. The van der Waals surface area contributed by atoms with Gasteiger partial charge in [-0.2, -0.15) is 0 Å². The lowest BCUT2D eigenvalue weighted by Gasteiger charge is -2.07. The van der Waals surface area contributed by atoms with Crippen LogP contribution in [0.1, 0.15) is 34.7 Å². The maximum atomic E-state index is 13.9. The standard InChI is InChI=1S/C16H15FN2O2/c1-18-15(20)12-8-14(17)16(19-9-12)21-13-6-4-11(5-7-13)10-2-3-10/h4-10H,2-3H2,1H3,(H,18,20). The summed E-state index contributed by atoms with van der Waals surface area (Å²) in [5, 5.41) is 2.41. The summed E-state index contributed by atoms with van der Waals surface area (Å²) in [4.78, 5) is 15.2. The van der Waals surface area contributed by atoms with Crippen molar-refractivity contribution in [1.82, 2.24) is 10.3 Å². The van der Waals surface area contributed by atoms with Crippen molar-refractivity contribution in [3.05, 3.63) is 53.5 Å². The van der Waals surface area contributed by atoms with Gasteiger partial charge in [0.05, 0.1) is 5.56 Å². The summed E-state index contributed by atoms with van der Waals surface area (Å²) in [5.41, 5.74) is 1.44. The Morgan fingerprint density at radius 2 is 2.05 bits per heavy atom. The van der Waals surface area contributed by atoms with Gasteiger partial charge in [-0.15, -0.1) is 0 Å². The Hall–Kier alpha value is -2.43. The van der Waals surface area contributed by atoms with Crippen molar-refractivity contribution in [3.8, 4) is 11.6 Å². The van der Waals surface area contributed by atoms with E-state index in [1.54, 1.807) is 12.1 Å². The molecule has 4 nitrogen and oxygen atoms in total. The molecule has 5 heteroatoms. The molecule has 21 heavy (non-hydrogen) atoms. The van der Waals surface area contributed by atoms with E-state index in [4.69, 9.17) is 4.74 Å². The quantitative estimate of drug-likeness (QED) is 0.938. The Morgan fingerprint density at radius 1 is 1.33 bits per heavy atom. The minimum Gasteiger partial charge on any atom is -0.436 e. The largest absolute Gasteiger partial charge is 0.436 e. The van der Waals surface area contributed by atoms with Gasteiger partial charge in [-0.1, -0.05) is 12.1 Å². The van der Waals surface area contributed by atoms with Gasteiger partial charge in [-0.05, 0) is 42.5 Å². The summed E-state index contributed by atoms with van der Waals surface area (Å²) < 4.78 is 19.3. The van der Waals surface area contributed by atoms with E-state index in [0.29, 0.717) is 11.7 Å². The van der Waals surface area contributed by atoms with E-state index < -0.39 is 5.82 Å². The third-order valence-electron chi connectivity index (χ3n) is 3.44. The monoisotopic (exact) mass is 286 g/mol. The van der Waals surface area contributed by atoms with Gasteiger partial charge in [0.1, 0.15) is 5.75 Å². The lowest BCUT2D eigenvalue weighted by Crippen LogP contribution is -2.18. The van der Waals surface area contributed by atoms with Crippen LogP contribution in [-0.2, 0) is 0 Å². The molecule has 3 rings (SSSR count). The van der Waals surface area contributed by atoms with Crippen molar-refractivity contribution in [1.29, 1.82) is 0 Å². The highest BCUT2D eigenvalue weighted by atomic mass is 19.1. The molecule has 1 aliphatic carbocycles. The topological polar surface area (TPSA) is 51.2 Å². The number of nitrogens with one attached hydrogen (secondary N) is 1. The molecule has 0 spiro atoms. The average Bonchev–Trinajstić information content (AvgIpc) is 3.34. The predicted octanol–water partition coefficient (Wildman–Crippen LogP) is 3.25. The van der Waals surface area contributed by atoms with Crippen molar-refractivity contribution < 1.29 is 13.9 Å². The number of carbonyl (C=O) groups is 1. The average molecular weight is 286 g/mol. The number of nitrogens with zero attached hydrogens (tertiary/aromatic N) is 1. The van der Waals surface area contributed by atoms with E-state index in [0.717, 1.165) is 6.07 Å². The fourth-order valence-corrected chi connectivity index (χ4v) is 2.11. The van der Waals surface area contributed by atoms with Gasteiger partial charge < -0.3 is 10.1 Å². The zero-order chi connectivity index (χ0) is 14.8. The number of ether oxygens (including phenoxy) is 1. The molecule has 1 aliphatic rings. The van der Waals surface area contributed by atoms with E-state index in [9.17, 15) is 9.18 Å². The van der Waals surface area contributed by atoms with Gasteiger partial charge in [0.25, 0.3) is 11.8 Å². The zero-order valence-corrected chi connectivity index (χ0v) is 11.6. The van der Waals surface area contributed by atoms with Gasteiger partial charge in [-0.3, -0.25) is 4.79 Å². The van der Waals surface area contributed by atoms with Crippen molar-refractivity contribution >= 4 is 5.91 Å². The van der Waals surface area contributed by atoms with Crippen LogP contribution in [0.3, 0.4) is 0 Å². The second-order valence-electron chi connectivity index (χ2n) is 5.04. The van der Waals surface area contributed by atoms with E-state index in [1.807, 2.05) is 12.1 Å². The van der Waals surface area contributed by atoms with Crippen molar-refractivity contribution in [3.63, 3.8) is 0 Å². The molecule has 1 fully saturated rings. The van der Waals surface area contributed by atoms with Gasteiger partial charge in [-0.25, -0.2) is 9.37 Å². The first kappa shape index (κ1) is 13.5. The summed E-state index contributed by atoms with van der Waals surface area (Å²) in [5.74, 6) is 0.00479. The smallest absolute Gasteiger partial charge is 0.255 e. The van der Waals surface area contributed by atoms with Crippen molar-refractivity contribution in [2.75, 3.05) is 7.05 Å². The SMILES string of the molecule is CNC(=O)c1cnc(Oc2ccc(C3CC3)cc2)c(F)c1. The lowest BCUT2D eigenvalue weighted by atomic mass is 10.1. The molecule has 1 aromatic heterocycles. The normalized spacial score (nSPS) is 13.8. The molecule has 1 amide bonds. The summed E-state index contributed by atoms with van der Waals surface area (Å²) in [6, 6.07) is 8.70. The molecule has 0 saturated heterocycles. The number of pyridine rings is 1. The molecule has 0 bridgehead atoms. The molecular weight excluding hydrogens is 271 g/mol. The minimum absolute atomic E-state index is 0.137. The Labute approximate surface area is 122 Å². The highest BCUT2D eigenvalue weighted by molar-refractivity contribution is 5.93. The molecule has 1 aromatic carbocycles.